The largest absolute Gasteiger partial charge is 0.493 e. The Bertz CT molecular complexity index is 425. The van der Waals surface area contributed by atoms with Crippen LogP contribution in [0.3, 0.4) is 0 Å². The Labute approximate surface area is 99.3 Å². The Hall–Kier alpha value is -2.04. The van der Waals surface area contributed by atoms with Crippen LogP contribution in [0.1, 0.15) is 19.4 Å². The van der Waals surface area contributed by atoms with E-state index in [1.54, 1.807) is 18.2 Å². The fraction of sp³-hybridized carbons (Fsp3) is 0.333. The predicted molar refractivity (Wildman–Crippen MR) is 59.8 cm³/mol. The van der Waals surface area contributed by atoms with Crippen LogP contribution < -0.4 is 9.47 Å². The lowest BCUT2D eigenvalue weighted by Gasteiger charge is -2.09. The fourth-order valence-electron chi connectivity index (χ4n) is 1.23. The van der Waals surface area contributed by atoms with Crippen molar-refractivity contribution in [3.8, 4) is 11.5 Å². The van der Waals surface area contributed by atoms with Gasteiger partial charge in [-0.15, -0.1) is 0 Å². The van der Waals surface area contributed by atoms with Crippen molar-refractivity contribution in [2.45, 2.75) is 20.5 Å². The molecule has 5 nitrogen and oxygen atoms in total. The molecule has 1 aromatic carbocycles. The molecule has 0 saturated carbocycles. The summed E-state index contributed by atoms with van der Waals surface area (Å²) in [6.45, 7) is 2.81. The molecule has 92 valence electrons. The van der Waals surface area contributed by atoms with Crippen LogP contribution in [-0.2, 0) is 20.9 Å². The Balaban J connectivity index is 2.84. The first-order chi connectivity index (χ1) is 8.02. The van der Waals surface area contributed by atoms with Gasteiger partial charge in [-0.2, -0.15) is 0 Å². The molecule has 0 amide bonds. The van der Waals surface area contributed by atoms with Crippen molar-refractivity contribution in [3.63, 3.8) is 0 Å². The Morgan fingerprint density at radius 3 is 2.35 bits per heavy atom. The summed E-state index contributed by atoms with van der Waals surface area (Å²) in [4.78, 5) is 21.5. The second kappa shape index (κ2) is 5.89. The lowest BCUT2D eigenvalue weighted by molar-refractivity contribution is -0.142. The maximum Gasteiger partial charge on any atom is 0.308 e. The molecular formula is C12H14O5. The van der Waals surface area contributed by atoms with Gasteiger partial charge in [0.05, 0.1) is 7.11 Å². The number of hydrogen-bond acceptors (Lipinski definition) is 5. The number of ether oxygens (including phenoxy) is 3. The molecule has 1 rings (SSSR count). The van der Waals surface area contributed by atoms with Gasteiger partial charge in [-0.25, -0.2) is 0 Å². The third kappa shape index (κ3) is 4.14. The summed E-state index contributed by atoms with van der Waals surface area (Å²) in [5.74, 6) is -0.0134. The van der Waals surface area contributed by atoms with E-state index in [0.717, 1.165) is 5.56 Å². The molecule has 0 aliphatic heterocycles. The zero-order valence-corrected chi connectivity index (χ0v) is 9.98. The van der Waals surface area contributed by atoms with Crippen LogP contribution in [0.15, 0.2) is 18.2 Å². The molecule has 0 radical (unpaired) electrons. The average Bonchev–Trinajstić information content (AvgIpc) is 2.26. The first-order valence-corrected chi connectivity index (χ1v) is 5.01. The van der Waals surface area contributed by atoms with Crippen molar-refractivity contribution < 1.29 is 23.8 Å². The van der Waals surface area contributed by atoms with Crippen molar-refractivity contribution in [3.05, 3.63) is 23.8 Å². The average molecular weight is 238 g/mol. The summed E-state index contributed by atoms with van der Waals surface area (Å²) in [5.41, 5.74) is 0.757. The molecular weight excluding hydrogens is 224 g/mol. The van der Waals surface area contributed by atoms with E-state index in [2.05, 4.69) is 0 Å². The number of esters is 2. The van der Waals surface area contributed by atoms with Gasteiger partial charge in [0, 0.05) is 13.8 Å². The van der Waals surface area contributed by atoms with Crippen molar-refractivity contribution in [1.29, 1.82) is 0 Å². The molecule has 0 aliphatic rings. The summed E-state index contributed by atoms with van der Waals surface area (Å²) in [5, 5.41) is 0. The van der Waals surface area contributed by atoms with E-state index in [-0.39, 0.29) is 12.6 Å². The van der Waals surface area contributed by atoms with Crippen LogP contribution in [-0.4, -0.2) is 19.0 Å². The van der Waals surface area contributed by atoms with Gasteiger partial charge < -0.3 is 14.2 Å². The quantitative estimate of drug-likeness (QED) is 0.590. The van der Waals surface area contributed by atoms with Crippen LogP contribution in [0.4, 0.5) is 0 Å². The molecule has 0 bridgehead atoms. The van der Waals surface area contributed by atoms with Gasteiger partial charge in [-0.3, -0.25) is 9.59 Å². The van der Waals surface area contributed by atoms with Crippen LogP contribution in [0, 0.1) is 0 Å². The van der Waals surface area contributed by atoms with Gasteiger partial charge >= 0.3 is 11.9 Å². The summed E-state index contributed by atoms with van der Waals surface area (Å²) in [6.07, 6.45) is 0. The van der Waals surface area contributed by atoms with E-state index in [4.69, 9.17) is 14.2 Å². The maximum absolute atomic E-state index is 10.8. The molecule has 0 N–H and O–H groups in total. The highest BCUT2D eigenvalue weighted by molar-refractivity contribution is 5.70. The van der Waals surface area contributed by atoms with E-state index in [0.29, 0.717) is 11.5 Å². The van der Waals surface area contributed by atoms with Crippen LogP contribution in [0.2, 0.25) is 0 Å². The molecule has 5 heteroatoms. The number of benzene rings is 1. The molecule has 0 aliphatic carbocycles. The Morgan fingerprint density at radius 2 is 1.82 bits per heavy atom. The topological polar surface area (TPSA) is 61.8 Å². The van der Waals surface area contributed by atoms with E-state index in [9.17, 15) is 9.59 Å². The second-order valence-electron chi connectivity index (χ2n) is 3.36. The molecule has 1 aromatic rings. The van der Waals surface area contributed by atoms with E-state index in [1.807, 2.05) is 0 Å². The predicted octanol–water partition coefficient (Wildman–Crippen LogP) is 1.68. The standard InChI is InChI=1S/C12H14O5/c1-8(13)16-7-10-4-5-11(17-9(2)14)12(6-10)15-3/h4-6H,7H2,1-3H3. The SMILES string of the molecule is COc1cc(COC(C)=O)ccc1OC(C)=O. The van der Waals surface area contributed by atoms with Gasteiger partial charge in [0.2, 0.25) is 0 Å². The van der Waals surface area contributed by atoms with E-state index in [1.165, 1.54) is 21.0 Å². The van der Waals surface area contributed by atoms with Gasteiger partial charge in [0.15, 0.2) is 11.5 Å². The summed E-state index contributed by atoms with van der Waals surface area (Å²) < 4.78 is 14.9. The van der Waals surface area contributed by atoms with Crippen molar-refractivity contribution in [2.75, 3.05) is 7.11 Å². The fourth-order valence-corrected chi connectivity index (χ4v) is 1.23. The lowest BCUT2D eigenvalue weighted by Crippen LogP contribution is -2.04. The van der Waals surface area contributed by atoms with E-state index >= 15 is 0 Å². The zero-order chi connectivity index (χ0) is 12.8. The van der Waals surface area contributed by atoms with E-state index < -0.39 is 5.97 Å². The number of hydrogen-bond donors (Lipinski definition) is 0. The van der Waals surface area contributed by atoms with Crippen LogP contribution in [0.25, 0.3) is 0 Å². The summed E-state index contributed by atoms with van der Waals surface area (Å²) >= 11 is 0. The normalized spacial score (nSPS) is 9.59. The monoisotopic (exact) mass is 238 g/mol. The molecule has 0 spiro atoms. The number of carbonyl (C=O) groups excluding carboxylic acids is 2. The molecule has 0 unspecified atom stereocenters. The van der Waals surface area contributed by atoms with Crippen LogP contribution >= 0.6 is 0 Å². The van der Waals surface area contributed by atoms with Gasteiger partial charge in [-0.1, -0.05) is 6.07 Å². The van der Waals surface area contributed by atoms with Gasteiger partial charge in [-0.05, 0) is 17.7 Å². The van der Waals surface area contributed by atoms with Gasteiger partial charge in [0.25, 0.3) is 0 Å². The summed E-state index contributed by atoms with van der Waals surface area (Å²) in [7, 11) is 1.47. The minimum absolute atomic E-state index is 0.159. The molecule has 0 fully saturated rings. The van der Waals surface area contributed by atoms with Crippen LogP contribution in [0.5, 0.6) is 11.5 Å². The highest BCUT2D eigenvalue weighted by atomic mass is 16.6. The van der Waals surface area contributed by atoms with Gasteiger partial charge in [0.1, 0.15) is 6.61 Å². The number of rotatable bonds is 4. The molecule has 0 saturated heterocycles. The summed E-state index contributed by atoms with van der Waals surface area (Å²) in [6, 6.07) is 4.95. The van der Waals surface area contributed by atoms with Crippen molar-refractivity contribution in [1.82, 2.24) is 0 Å². The Morgan fingerprint density at radius 1 is 1.12 bits per heavy atom. The lowest BCUT2D eigenvalue weighted by atomic mass is 10.2. The smallest absolute Gasteiger partial charge is 0.308 e. The highest BCUT2D eigenvalue weighted by Gasteiger charge is 2.08. The van der Waals surface area contributed by atoms with Crippen molar-refractivity contribution >= 4 is 11.9 Å². The highest BCUT2D eigenvalue weighted by Crippen LogP contribution is 2.28. The first-order valence-electron chi connectivity index (χ1n) is 5.01. The molecule has 0 heterocycles. The van der Waals surface area contributed by atoms with Crippen molar-refractivity contribution in [2.24, 2.45) is 0 Å². The minimum atomic E-state index is -0.420. The zero-order valence-electron chi connectivity index (χ0n) is 9.98. The number of methoxy groups -OCH3 is 1. The minimum Gasteiger partial charge on any atom is -0.493 e. The third-order valence-electron chi connectivity index (χ3n) is 1.92. The molecule has 17 heavy (non-hydrogen) atoms. The second-order valence-corrected chi connectivity index (χ2v) is 3.36. The Kier molecular flexibility index (Phi) is 4.51. The number of carbonyl (C=O) groups is 2. The molecule has 0 atom stereocenters. The maximum atomic E-state index is 10.8. The first kappa shape index (κ1) is 13.0. The molecule has 0 aromatic heterocycles. The third-order valence-corrected chi connectivity index (χ3v) is 1.92.